The second kappa shape index (κ2) is 13.2. The SMILES string of the molecule is CCOC(=O)CS.O=C(Nc1ccccc1)c1cc(Cl)ccc1NS(=O)(=O)c1ccc(Cl)cc1. The average Bonchev–Trinajstić information content (AvgIpc) is 2.81. The highest BCUT2D eigenvalue weighted by Gasteiger charge is 2.19. The molecule has 0 fully saturated rings. The van der Waals surface area contributed by atoms with E-state index in [1.54, 1.807) is 31.2 Å². The van der Waals surface area contributed by atoms with Crippen LogP contribution in [0.15, 0.2) is 77.7 Å². The molecule has 0 aromatic heterocycles. The van der Waals surface area contributed by atoms with Crippen molar-refractivity contribution < 1.29 is 22.7 Å². The molecule has 34 heavy (non-hydrogen) atoms. The third-order valence-electron chi connectivity index (χ3n) is 4.06. The van der Waals surface area contributed by atoms with Crippen molar-refractivity contribution in [1.82, 2.24) is 0 Å². The number of hydrogen-bond acceptors (Lipinski definition) is 6. The molecule has 11 heteroatoms. The van der Waals surface area contributed by atoms with E-state index in [1.165, 1.54) is 42.5 Å². The maximum atomic E-state index is 12.6. The number of sulfonamides is 1. The van der Waals surface area contributed by atoms with Gasteiger partial charge in [0.25, 0.3) is 15.9 Å². The predicted octanol–water partition coefficient (Wildman–Crippen LogP) is 5.53. The van der Waals surface area contributed by atoms with Crippen LogP contribution in [0.2, 0.25) is 10.0 Å². The number of esters is 1. The minimum absolute atomic E-state index is 0.0243. The van der Waals surface area contributed by atoms with Crippen LogP contribution in [0, 0.1) is 0 Å². The zero-order valence-electron chi connectivity index (χ0n) is 18.0. The summed E-state index contributed by atoms with van der Waals surface area (Å²) in [6.07, 6.45) is 0. The van der Waals surface area contributed by atoms with Crippen molar-refractivity contribution in [3.05, 3.63) is 88.4 Å². The van der Waals surface area contributed by atoms with E-state index in [-0.39, 0.29) is 27.9 Å². The lowest BCUT2D eigenvalue weighted by atomic mass is 10.1. The summed E-state index contributed by atoms with van der Waals surface area (Å²) >= 11 is 15.5. The van der Waals surface area contributed by atoms with Gasteiger partial charge < -0.3 is 10.1 Å². The van der Waals surface area contributed by atoms with Gasteiger partial charge >= 0.3 is 5.97 Å². The molecule has 7 nitrogen and oxygen atoms in total. The molecule has 0 atom stereocenters. The van der Waals surface area contributed by atoms with Crippen LogP contribution in [0.3, 0.4) is 0 Å². The van der Waals surface area contributed by atoms with Gasteiger partial charge in [-0.1, -0.05) is 41.4 Å². The molecule has 180 valence electrons. The Hall–Kier alpha value is -2.72. The Morgan fingerprint density at radius 1 is 0.941 bits per heavy atom. The number of para-hydroxylation sites is 1. The van der Waals surface area contributed by atoms with E-state index < -0.39 is 15.9 Å². The second-order valence-electron chi connectivity index (χ2n) is 6.53. The first kappa shape index (κ1) is 27.5. The highest BCUT2D eigenvalue weighted by atomic mass is 35.5. The lowest BCUT2D eigenvalue weighted by Gasteiger charge is -2.13. The van der Waals surface area contributed by atoms with Gasteiger partial charge in [-0.2, -0.15) is 12.6 Å². The normalized spacial score (nSPS) is 10.5. The summed E-state index contributed by atoms with van der Waals surface area (Å²) < 4.78 is 32.1. The number of nitrogens with one attached hydrogen (secondary N) is 2. The number of hydrogen-bond donors (Lipinski definition) is 3. The summed E-state index contributed by atoms with van der Waals surface area (Å²) in [6, 6.07) is 18.9. The minimum atomic E-state index is -3.90. The van der Waals surface area contributed by atoms with Gasteiger partial charge in [-0.3, -0.25) is 14.3 Å². The second-order valence-corrected chi connectivity index (χ2v) is 9.40. The quantitative estimate of drug-likeness (QED) is 0.270. The summed E-state index contributed by atoms with van der Waals surface area (Å²) in [6.45, 7) is 2.21. The van der Waals surface area contributed by atoms with Gasteiger partial charge in [0.1, 0.15) is 0 Å². The molecule has 0 unspecified atom stereocenters. The van der Waals surface area contributed by atoms with Crippen LogP contribution in [0.25, 0.3) is 0 Å². The van der Waals surface area contributed by atoms with E-state index in [9.17, 15) is 18.0 Å². The lowest BCUT2D eigenvalue weighted by molar-refractivity contribution is -0.139. The molecule has 0 aliphatic carbocycles. The number of halogens is 2. The van der Waals surface area contributed by atoms with Crippen molar-refractivity contribution in [1.29, 1.82) is 0 Å². The molecule has 0 saturated carbocycles. The lowest BCUT2D eigenvalue weighted by Crippen LogP contribution is -2.18. The largest absolute Gasteiger partial charge is 0.465 e. The molecule has 1 amide bonds. The molecule has 0 bridgehead atoms. The molecular weight excluding hydrogens is 519 g/mol. The van der Waals surface area contributed by atoms with Crippen LogP contribution < -0.4 is 10.0 Å². The van der Waals surface area contributed by atoms with Crippen molar-refractivity contribution in [2.24, 2.45) is 0 Å². The van der Waals surface area contributed by atoms with Crippen LogP contribution in [-0.4, -0.2) is 32.7 Å². The van der Waals surface area contributed by atoms with Crippen molar-refractivity contribution >= 4 is 69.1 Å². The van der Waals surface area contributed by atoms with Crippen molar-refractivity contribution in [2.75, 3.05) is 22.4 Å². The maximum Gasteiger partial charge on any atom is 0.315 e. The van der Waals surface area contributed by atoms with Crippen molar-refractivity contribution in [3.8, 4) is 0 Å². The smallest absolute Gasteiger partial charge is 0.315 e. The Bertz CT molecular complexity index is 1220. The number of amides is 1. The van der Waals surface area contributed by atoms with E-state index in [4.69, 9.17) is 23.2 Å². The Morgan fingerprint density at radius 3 is 2.12 bits per heavy atom. The molecule has 3 rings (SSSR count). The van der Waals surface area contributed by atoms with E-state index in [0.717, 1.165) is 0 Å². The first-order valence-corrected chi connectivity index (χ1v) is 12.7. The zero-order valence-corrected chi connectivity index (χ0v) is 21.2. The van der Waals surface area contributed by atoms with Gasteiger partial charge in [-0.15, -0.1) is 0 Å². The zero-order chi connectivity index (χ0) is 25.1. The Kier molecular flexibility index (Phi) is 10.7. The number of anilines is 2. The molecule has 2 N–H and O–H groups in total. The topological polar surface area (TPSA) is 102 Å². The number of carbonyl (C=O) groups is 2. The van der Waals surface area contributed by atoms with Gasteiger partial charge in [-0.25, -0.2) is 8.42 Å². The number of benzene rings is 3. The molecule has 0 radical (unpaired) electrons. The monoisotopic (exact) mass is 540 g/mol. The molecule has 0 aliphatic heterocycles. The average molecular weight is 541 g/mol. The molecule has 0 heterocycles. The number of carbonyl (C=O) groups excluding carboxylic acids is 2. The van der Waals surface area contributed by atoms with E-state index in [1.807, 2.05) is 6.07 Å². The molecule has 0 aliphatic rings. The van der Waals surface area contributed by atoms with E-state index >= 15 is 0 Å². The van der Waals surface area contributed by atoms with Gasteiger partial charge in [-0.05, 0) is 61.5 Å². The number of ether oxygens (including phenoxy) is 1. The first-order chi connectivity index (χ1) is 16.2. The Morgan fingerprint density at radius 2 is 1.56 bits per heavy atom. The maximum absolute atomic E-state index is 12.6. The van der Waals surface area contributed by atoms with E-state index in [2.05, 4.69) is 27.4 Å². The molecule has 0 saturated heterocycles. The van der Waals surface area contributed by atoms with Crippen LogP contribution in [0.1, 0.15) is 17.3 Å². The van der Waals surface area contributed by atoms with E-state index in [0.29, 0.717) is 22.3 Å². The standard InChI is InChI=1S/C19H14Cl2N2O3S.C4H8O2S/c20-13-6-9-16(10-7-13)27(25,26)23-18-11-8-14(21)12-17(18)19(24)22-15-4-2-1-3-5-15;1-2-6-4(5)3-7/h1-12,23H,(H,22,24);7H,2-3H2,1H3. The first-order valence-electron chi connectivity index (χ1n) is 9.87. The Labute approximate surface area is 213 Å². The third kappa shape index (κ3) is 8.57. The summed E-state index contributed by atoms with van der Waals surface area (Å²) in [5.41, 5.74) is 0.792. The van der Waals surface area contributed by atoms with Gasteiger partial charge in [0.15, 0.2) is 0 Å². The fourth-order valence-electron chi connectivity index (χ4n) is 2.54. The molecule has 0 spiro atoms. The highest BCUT2D eigenvalue weighted by molar-refractivity contribution is 7.92. The molecule has 3 aromatic carbocycles. The third-order valence-corrected chi connectivity index (χ3v) is 6.19. The summed E-state index contributed by atoms with van der Waals surface area (Å²) in [4.78, 5) is 22.8. The summed E-state index contributed by atoms with van der Waals surface area (Å²) in [7, 11) is -3.90. The van der Waals surface area contributed by atoms with Crippen LogP contribution in [0.4, 0.5) is 11.4 Å². The fraction of sp³-hybridized carbons (Fsp3) is 0.130. The van der Waals surface area contributed by atoms with Crippen LogP contribution >= 0.6 is 35.8 Å². The molecular formula is C23H22Cl2N2O5S2. The van der Waals surface area contributed by atoms with Gasteiger partial charge in [0.05, 0.1) is 28.5 Å². The predicted molar refractivity (Wildman–Crippen MR) is 139 cm³/mol. The minimum Gasteiger partial charge on any atom is -0.465 e. The summed E-state index contributed by atoms with van der Waals surface area (Å²) in [5, 5.41) is 3.44. The number of rotatable bonds is 7. The van der Waals surface area contributed by atoms with Crippen molar-refractivity contribution in [2.45, 2.75) is 11.8 Å². The Balaban J connectivity index is 0.000000509. The van der Waals surface area contributed by atoms with Crippen molar-refractivity contribution in [3.63, 3.8) is 0 Å². The van der Waals surface area contributed by atoms with Gasteiger partial charge in [0, 0.05) is 15.7 Å². The van der Waals surface area contributed by atoms with Crippen LogP contribution in [0.5, 0.6) is 0 Å². The summed E-state index contributed by atoms with van der Waals surface area (Å²) in [5.74, 6) is -0.572. The fourth-order valence-corrected chi connectivity index (χ4v) is 4.01. The van der Waals surface area contributed by atoms with Gasteiger partial charge in [0.2, 0.25) is 0 Å². The molecule has 3 aromatic rings. The highest BCUT2D eigenvalue weighted by Crippen LogP contribution is 2.25. The number of thiol groups is 1. The van der Waals surface area contributed by atoms with Crippen LogP contribution in [-0.2, 0) is 19.6 Å².